The maximum atomic E-state index is 11.3. The highest BCUT2D eigenvalue weighted by atomic mass is 16.7. The third-order valence-corrected chi connectivity index (χ3v) is 2.72. The van der Waals surface area contributed by atoms with Crippen LogP contribution in [0.25, 0.3) is 0 Å². The number of amides is 1. The largest absolute Gasteiger partial charge is 0.508 e. The van der Waals surface area contributed by atoms with Gasteiger partial charge in [0, 0.05) is 12.0 Å². The molecule has 0 radical (unpaired) electrons. The molecule has 0 bridgehead atoms. The van der Waals surface area contributed by atoms with Gasteiger partial charge in [0.25, 0.3) is 0 Å². The Morgan fingerprint density at radius 3 is 2.40 bits per heavy atom. The van der Waals surface area contributed by atoms with E-state index < -0.39 is 23.9 Å². The molecule has 0 aliphatic heterocycles. The van der Waals surface area contributed by atoms with Gasteiger partial charge in [-0.25, -0.2) is 9.59 Å². The zero-order valence-corrected chi connectivity index (χ0v) is 11.8. The van der Waals surface area contributed by atoms with Crippen molar-refractivity contribution in [2.24, 2.45) is 0 Å². The lowest BCUT2D eigenvalue weighted by Crippen LogP contribution is -2.44. The minimum atomic E-state index is -1.13. The lowest BCUT2D eigenvalue weighted by atomic mass is 9.93. The minimum absolute atomic E-state index is 0.290. The Morgan fingerprint density at radius 2 is 1.90 bits per heavy atom. The van der Waals surface area contributed by atoms with Gasteiger partial charge in [-0.15, -0.1) is 0 Å². The van der Waals surface area contributed by atoms with Gasteiger partial charge in [-0.1, -0.05) is 30.3 Å². The van der Waals surface area contributed by atoms with Gasteiger partial charge in [0.05, 0.1) is 7.11 Å². The van der Waals surface area contributed by atoms with Crippen molar-refractivity contribution in [3.05, 3.63) is 35.9 Å². The molecular formula is C14H19NO5. The average molecular weight is 281 g/mol. The highest BCUT2D eigenvalue weighted by Gasteiger charge is 2.28. The van der Waals surface area contributed by atoms with Crippen molar-refractivity contribution in [3.8, 4) is 0 Å². The Labute approximate surface area is 117 Å². The first-order valence-electron chi connectivity index (χ1n) is 6.15. The number of benzene rings is 1. The molecule has 2 N–H and O–H groups in total. The first-order chi connectivity index (χ1) is 9.34. The maximum absolute atomic E-state index is 11.3. The molecule has 0 aliphatic rings. The van der Waals surface area contributed by atoms with E-state index in [4.69, 9.17) is 9.84 Å². The first kappa shape index (κ1) is 15.8. The molecule has 6 nitrogen and oxygen atoms in total. The lowest BCUT2D eigenvalue weighted by molar-refractivity contribution is 0.0241. The summed E-state index contributed by atoms with van der Waals surface area (Å²) in [5, 5.41) is 11.2. The summed E-state index contributed by atoms with van der Waals surface area (Å²) in [6, 6.07) is 9.11. The van der Waals surface area contributed by atoms with E-state index in [1.54, 1.807) is 13.8 Å². The van der Waals surface area contributed by atoms with Crippen molar-refractivity contribution in [2.45, 2.75) is 31.9 Å². The van der Waals surface area contributed by atoms with Crippen LogP contribution in [0, 0.1) is 0 Å². The fourth-order valence-electron chi connectivity index (χ4n) is 1.86. The van der Waals surface area contributed by atoms with Crippen LogP contribution in [0.15, 0.2) is 30.3 Å². The van der Waals surface area contributed by atoms with Gasteiger partial charge < -0.3 is 19.9 Å². The van der Waals surface area contributed by atoms with E-state index in [9.17, 15) is 9.59 Å². The molecule has 1 aromatic carbocycles. The Bertz CT molecular complexity index is 458. The van der Waals surface area contributed by atoms with Crippen molar-refractivity contribution in [2.75, 3.05) is 7.11 Å². The molecular weight excluding hydrogens is 262 g/mol. The summed E-state index contributed by atoms with van der Waals surface area (Å²) in [5.74, 6) is 0. The van der Waals surface area contributed by atoms with E-state index >= 15 is 0 Å². The van der Waals surface area contributed by atoms with Crippen molar-refractivity contribution in [3.63, 3.8) is 0 Å². The molecule has 0 spiro atoms. The van der Waals surface area contributed by atoms with E-state index in [0.717, 1.165) is 5.56 Å². The summed E-state index contributed by atoms with van der Waals surface area (Å²) in [7, 11) is 1.23. The SMILES string of the molecule is COC(=O)OC(CC(C)(C)NC(=O)O)c1ccccc1. The smallest absolute Gasteiger partial charge is 0.465 e. The molecule has 0 aliphatic carbocycles. The topological polar surface area (TPSA) is 84.9 Å². The van der Waals surface area contributed by atoms with Crippen LogP contribution in [0.1, 0.15) is 31.9 Å². The van der Waals surface area contributed by atoms with Crippen LogP contribution in [-0.4, -0.2) is 30.0 Å². The standard InChI is InChI=1S/C14H19NO5/c1-14(2,15-12(16)17)9-11(20-13(18)19-3)10-7-5-4-6-8-10/h4-8,11,15H,9H2,1-3H3,(H,16,17). The minimum Gasteiger partial charge on any atom is -0.465 e. The number of carbonyl (C=O) groups is 2. The van der Waals surface area contributed by atoms with Gasteiger partial charge >= 0.3 is 12.2 Å². The number of carboxylic acid groups (broad SMARTS) is 1. The second-order valence-electron chi connectivity index (χ2n) is 4.99. The van der Waals surface area contributed by atoms with Crippen LogP contribution < -0.4 is 5.32 Å². The van der Waals surface area contributed by atoms with Gasteiger partial charge in [0.1, 0.15) is 6.10 Å². The summed E-state index contributed by atoms with van der Waals surface area (Å²) in [4.78, 5) is 22.1. The summed E-state index contributed by atoms with van der Waals surface area (Å²) in [6.45, 7) is 3.44. The molecule has 20 heavy (non-hydrogen) atoms. The molecule has 1 atom stereocenters. The number of carbonyl (C=O) groups excluding carboxylic acids is 1. The predicted molar refractivity (Wildman–Crippen MR) is 72.5 cm³/mol. The molecule has 0 saturated heterocycles. The average Bonchev–Trinajstić information content (AvgIpc) is 2.37. The number of methoxy groups -OCH3 is 1. The number of hydrogen-bond acceptors (Lipinski definition) is 4. The summed E-state index contributed by atoms with van der Waals surface area (Å²) >= 11 is 0. The van der Waals surface area contributed by atoms with E-state index in [2.05, 4.69) is 10.1 Å². The zero-order valence-electron chi connectivity index (χ0n) is 11.8. The van der Waals surface area contributed by atoms with Crippen molar-refractivity contribution in [1.82, 2.24) is 5.32 Å². The van der Waals surface area contributed by atoms with Gasteiger partial charge in [-0.3, -0.25) is 0 Å². The normalized spacial score (nSPS) is 12.3. The molecule has 0 aromatic heterocycles. The van der Waals surface area contributed by atoms with E-state index in [1.807, 2.05) is 30.3 Å². The fourth-order valence-corrected chi connectivity index (χ4v) is 1.86. The third-order valence-electron chi connectivity index (χ3n) is 2.72. The van der Waals surface area contributed by atoms with Gasteiger partial charge in [-0.2, -0.15) is 0 Å². The Hall–Kier alpha value is -2.24. The molecule has 6 heteroatoms. The van der Waals surface area contributed by atoms with E-state index in [0.29, 0.717) is 6.42 Å². The summed E-state index contributed by atoms with van der Waals surface area (Å²) in [6.07, 6.45) is -2.23. The molecule has 0 heterocycles. The molecule has 1 unspecified atom stereocenters. The number of rotatable bonds is 5. The molecule has 0 fully saturated rings. The Balaban J connectivity index is 2.88. The van der Waals surface area contributed by atoms with Crippen molar-refractivity contribution < 1.29 is 24.2 Å². The second-order valence-corrected chi connectivity index (χ2v) is 4.99. The monoisotopic (exact) mass is 281 g/mol. The van der Waals surface area contributed by atoms with Crippen molar-refractivity contribution >= 4 is 12.2 Å². The van der Waals surface area contributed by atoms with Crippen LogP contribution in [0.4, 0.5) is 9.59 Å². The van der Waals surface area contributed by atoms with Crippen molar-refractivity contribution in [1.29, 1.82) is 0 Å². The number of hydrogen-bond donors (Lipinski definition) is 2. The molecule has 0 saturated carbocycles. The molecule has 1 amide bonds. The molecule has 110 valence electrons. The molecule has 1 rings (SSSR count). The van der Waals surface area contributed by atoms with E-state index in [1.165, 1.54) is 7.11 Å². The van der Waals surface area contributed by atoms with Gasteiger partial charge in [0.15, 0.2) is 0 Å². The highest BCUT2D eigenvalue weighted by molar-refractivity contribution is 5.65. The summed E-state index contributed by atoms with van der Waals surface area (Å²) < 4.78 is 9.71. The zero-order chi connectivity index (χ0) is 15.2. The lowest BCUT2D eigenvalue weighted by Gasteiger charge is -2.29. The number of ether oxygens (including phenoxy) is 2. The Morgan fingerprint density at radius 1 is 1.30 bits per heavy atom. The first-order valence-corrected chi connectivity index (χ1v) is 6.15. The van der Waals surface area contributed by atoms with Crippen LogP contribution in [0.5, 0.6) is 0 Å². The van der Waals surface area contributed by atoms with E-state index in [-0.39, 0.29) is 0 Å². The van der Waals surface area contributed by atoms with Crippen LogP contribution in [0.2, 0.25) is 0 Å². The van der Waals surface area contributed by atoms with Crippen LogP contribution in [0.3, 0.4) is 0 Å². The highest BCUT2D eigenvalue weighted by Crippen LogP contribution is 2.27. The molecule has 1 aromatic rings. The fraction of sp³-hybridized carbons (Fsp3) is 0.429. The second kappa shape index (κ2) is 6.79. The van der Waals surface area contributed by atoms with Gasteiger partial charge in [-0.05, 0) is 19.4 Å². The third kappa shape index (κ3) is 5.17. The summed E-state index contributed by atoms with van der Waals surface area (Å²) in [5.41, 5.74) is 0.0264. The Kier molecular flexibility index (Phi) is 5.37. The van der Waals surface area contributed by atoms with Crippen LogP contribution >= 0.6 is 0 Å². The van der Waals surface area contributed by atoms with Crippen LogP contribution in [-0.2, 0) is 9.47 Å². The quantitative estimate of drug-likeness (QED) is 0.810. The van der Waals surface area contributed by atoms with Gasteiger partial charge in [0.2, 0.25) is 0 Å². The predicted octanol–water partition coefficient (Wildman–Crippen LogP) is 2.95. The maximum Gasteiger partial charge on any atom is 0.508 e. The number of nitrogens with one attached hydrogen (secondary N) is 1.